The molecule has 0 unspecified atom stereocenters. The second-order valence-corrected chi connectivity index (χ2v) is 11.2. The molecular formula is C34H34N4O6. The van der Waals surface area contributed by atoms with E-state index in [9.17, 15) is 19.2 Å². The predicted octanol–water partition coefficient (Wildman–Crippen LogP) is 4.21. The van der Waals surface area contributed by atoms with Gasteiger partial charge in [0, 0.05) is 43.0 Å². The van der Waals surface area contributed by atoms with Crippen LogP contribution in [0.15, 0.2) is 84.9 Å². The summed E-state index contributed by atoms with van der Waals surface area (Å²) in [5.41, 5.74) is 4.29. The zero-order valence-corrected chi connectivity index (χ0v) is 24.6. The number of esters is 1. The summed E-state index contributed by atoms with van der Waals surface area (Å²) in [4.78, 5) is 62.2. The van der Waals surface area contributed by atoms with Gasteiger partial charge in [-0.25, -0.2) is 9.59 Å². The van der Waals surface area contributed by atoms with Gasteiger partial charge < -0.3 is 29.2 Å². The van der Waals surface area contributed by atoms with Crippen LogP contribution in [0, 0.1) is 0 Å². The first-order valence-corrected chi connectivity index (χ1v) is 14.6. The summed E-state index contributed by atoms with van der Waals surface area (Å²) < 4.78 is 10.8. The maximum Gasteiger partial charge on any atom is 0.410 e. The van der Waals surface area contributed by atoms with Gasteiger partial charge in [0.05, 0.1) is 19.7 Å². The van der Waals surface area contributed by atoms with Crippen molar-refractivity contribution in [2.45, 2.75) is 44.6 Å². The van der Waals surface area contributed by atoms with Crippen LogP contribution >= 0.6 is 0 Å². The zero-order valence-electron chi connectivity index (χ0n) is 24.6. The van der Waals surface area contributed by atoms with E-state index in [1.54, 1.807) is 4.90 Å². The van der Waals surface area contributed by atoms with Crippen LogP contribution in [0.4, 0.5) is 4.79 Å². The van der Waals surface area contributed by atoms with Crippen LogP contribution in [0.5, 0.6) is 0 Å². The number of amides is 3. The lowest BCUT2D eigenvalue weighted by Crippen LogP contribution is -2.67. The SMILES string of the molecule is COC(=O)[C@H]1Cc2c([nH]c3ccccc23)[C@@H]2CN(C(C)=O)[C@@H](CN(Cc3ccccc3)C(=O)OCc3ccccc3)C(=O)N12. The second kappa shape index (κ2) is 12.2. The molecule has 3 aromatic carbocycles. The van der Waals surface area contributed by atoms with Crippen LogP contribution < -0.4 is 0 Å². The molecule has 3 amide bonds. The maximum absolute atomic E-state index is 14.5. The summed E-state index contributed by atoms with van der Waals surface area (Å²) in [6.45, 7) is 1.68. The van der Waals surface area contributed by atoms with Gasteiger partial charge in [-0.2, -0.15) is 0 Å². The topological polar surface area (TPSA) is 112 Å². The number of ether oxygens (including phenoxy) is 2. The number of fused-ring (bicyclic) bond motifs is 5. The summed E-state index contributed by atoms with van der Waals surface area (Å²) in [6.07, 6.45) is -0.342. The first-order chi connectivity index (χ1) is 21.4. The maximum atomic E-state index is 14.5. The quantitative estimate of drug-likeness (QED) is 0.321. The van der Waals surface area contributed by atoms with E-state index >= 15 is 0 Å². The second-order valence-electron chi connectivity index (χ2n) is 11.2. The molecule has 1 fully saturated rings. The number of piperazine rings is 1. The molecule has 2 aliphatic rings. The Hall–Kier alpha value is -5.12. The van der Waals surface area contributed by atoms with Crippen LogP contribution in [0.3, 0.4) is 0 Å². The van der Waals surface area contributed by atoms with E-state index in [1.165, 1.54) is 23.8 Å². The van der Waals surface area contributed by atoms with E-state index in [-0.39, 0.29) is 38.6 Å². The number of hydrogen-bond acceptors (Lipinski definition) is 6. The Morgan fingerprint density at radius 1 is 0.932 bits per heavy atom. The number of carbonyl (C=O) groups excluding carboxylic acids is 4. The number of hydrogen-bond donors (Lipinski definition) is 1. The highest BCUT2D eigenvalue weighted by Gasteiger charge is 2.51. The van der Waals surface area contributed by atoms with Gasteiger partial charge >= 0.3 is 12.1 Å². The van der Waals surface area contributed by atoms with Gasteiger partial charge in [0.25, 0.3) is 0 Å². The highest BCUT2D eigenvalue weighted by atomic mass is 16.6. The molecule has 10 nitrogen and oxygen atoms in total. The summed E-state index contributed by atoms with van der Waals surface area (Å²) in [5.74, 6) is -1.26. The monoisotopic (exact) mass is 594 g/mol. The first kappa shape index (κ1) is 29.0. The van der Waals surface area contributed by atoms with Crippen LogP contribution in [-0.2, 0) is 43.4 Å². The van der Waals surface area contributed by atoms with Gasteiger partial charge in [0.2, 0.25) is 11.8 Å². The number of carbonyl (C=O) groups is 4. The van der Waals surface area contributed by atoms with E-state index in [0.29, 0.717) is 0 Å². The summed E-state index contributed by atoms with van der Waals surface area (Å²) in [5, 5.41) is 0.968. The van der Waals surface area contributed by atoms with E-state index in [1.807, 2.05) is 84.9 Å². The van der Waals surface area contributed by atoms with E-state index in [0.717, 1.165) is 33.3 Å². The number of para-hydroxylation sites is 1. The van der Waals surface area contributed by atoms with E-state index in [4.69, 9.17) is 9.47 Å². The Labute approximate surface area is 255 Å². The van der Waals surface area contributed by atoms with Crippen LogP contribution in [0.1, 0.15) is 35.3 Å². The van der Waals surface area contributed by atoms with Crippen LogP contribution in [0.2, 0.25) is 0 Å². The fourth-order valence-electron chi connectivity index (χ4n) is 6.36. The molecule has 0 saturated carbocycles. The fourth-order valence-corrected chi connectivity index (χ4v) is 6.36. The van der Waals surface area contributed by atoms with Gasteiger partial charge in [0.1, 0.15) is 18.7 Å². The third-order valence-electron chi connectivity index (χ3n) is 8.48. The number of H-pyrrole nitrogens is 1. The van der Waals surface area contributed by atoms with Gasteiger partial charge in [-0.3, -0.25) is 9.59 Å². The predicted molar refractivity (Wildman–Crippen MR) is 162 cm³/mol. The molecule has 1 N–H and O–H groups in total. The Kier molecular flexibility index (Phi) is 8.06. The number of benzene rings is 3. The molecule has 10 heteroatoms. The van der Waals surface area contributed by atoms with Gasteiger partial charge in [-0.15, -0.1) is 0 Å². The number of methoxy groups -OCH3 is 1. The standard InChI is InChI=1S/C34H34N4O6/c1-22(39)37-20-29-31-26(25-15-9-10-16-27(25)35-31)17-28(33(41)43-2)38(29)32(40)30(37)19-36(18-23-11-5-3-6-12-23)34(42)44-21-24-13-7-4-8-14-24/h3-16,28-30,35H,17-21H2,1-2H3/t28-,29+,30+/m1/s1. The molecule has 3 atom stereocenters. The smallest absolute Gasteiger partial charge is 0.410 e. The minimum atomic E-state index is -1.03. The molecule has 4 aromatic rings. The van der Waals surface area contributed by atoms with Crippen molar-refractivity contribution >= 4 is 34.8 Å². The van der Waals surface area contributed by atoms with Crippen molar-refractivity contribution in [3.63, 3.8) is 0 Å². The molecule has 3 heterocycles. The molecule has 0 bridgehead atoms. The lowest BCUT2D eigenvalue weighted by atomic mass is 9.88. The average Bonchev–Trinajstić information content (AvgIpc) is 3.43. The van der Waals surface area contributed by atoms with Gasteiger partial charge in [0.15, 0.2) is 0 Å². The van der Waals surface area contributed by atoms with Crippen LogP contribution in [-0.4, -0.2) is 75.8 Å². The number of aromatic nitrogens is 1. The Morgan fingerprint density at radius 2 is 1.59 bits per heavy atom. The summed E-state index contributed by atoms with van der Waals surface area (Å²) >= 11 is 0. The Balaban J connectivity index is 1.34. The molecule has 0 spiro atoms. The highest BCUT2D eigenvalue weighted by molar-refractivity contribution is 5.95. The fraction of sp³-hybridized carbons (Fsp3) is 0.294. The van der Waals surface area contributed by atoms with Crippen molar-refractivity contribution < 1.29 is 28.7 Å². The lowest BCUT2D eigenvalue weighted by Gasteiger charge is -2.50. The van der Waals surface area contributed by atoms with Crippen molar-refractivity contribution in [1.29, 1.82) is 0 Å². The van der Waals surface area contributed by atoms with Crippen LogP contribution in [0.25, 0.3) is 10.9 Å². The number of nitrogens with one attached hydrogen (secondary N) is 1. The lowest BCUT2D eigenvalue weighted by molar-refractivity contribution is -0.167. The molecule has 0 aliphatic carbocycles. The van der Waals surface area contributed by atoms with Gasteiger partial charge in [-0.05, 0) is 22.8 Å². The molecule has 6 rings (SSSR count). The summed E-state index contributed by atoms with van der Waals surface area (Å²) in [6, 6.07) is 24.0. The third-order valence-corrected chi connectivity index (χ3v) is 8.48. The molecule has 1 aromatic heterocycles. The molecule has 1 saturated heterocycles. The highest BCUT2D eigenvalue weighted by Crippen LogP contribution is 2.41. The van der Waals surface area contributed by atoms with E-state index in [2.05, 4.69) is 4.98 Å². The Bertz CT molecular complexity index is 1690. The first-order valence-electron chi connectivity index (χ1n) is 14.6. The van der Waals surface area contributed by atoms with Gasteiger partial charge in [-0.1, -0.05) is 78.9 Å². The molecular weight excluding hydrogens is 560 g/mol. The molecule has 44 heavy (non-hydrogen) atoms. The average molecular weight is 595 g/mol. The van der Waals surface area contributed by atoms with Crippen molar-refractivity contribution in [3.05, 3.63) is 107 Å². The minimum Gasteiger partial charge on any atom is -0.467 e. The Morgan fingerprint density at radius 3 is 2.27 bits per heavy atom. The van der Waals surface area contributed by atoms with Crippen molar-refractivity contribution in [1.82, 2.24) is 19.7 Å². The summed E-state index contributed by atoms with van der Waals surface area (Å²) in [7, 11) is 1.31. The minimum absolute atomic E-state index is 0.0573. The van der Waals surface area contributed by atoms with Crippen molar-refractivity contribution in [2.75, 3.05) is 20.2 Å². The van der Waals surface area contributed by atoms with Crippen molar-refractivity contribution in [2.24, 2.45) is 0 Å². The number of nitrogens with zero attached hydrogens (tertiary/aromatic N) is 3. The molecule has 0 radical (unpaired) electrons. The normalized spacial score (nSPS) is 19.2. The largest absolute Gasteiger partial charge is 0.467 e. The molecule has 2 aliphatic heterocycles. The zero-order chi connectivity index (χ0) is 30.8. The van der Waals surface area contributed by atoms with Crippen molar-refractivity contribution in [3.8, 4) is 0 Å². The van der Waals surface area contributed by atoms with E-state index < -0.39 is 36.1 Å². The number of aromatic amines is 1. The third kappa shape index (κ3) is 5.50. The number of rotatable bonds is 7. The molecule has 226 valence electrons.